The predicted molar refractivity (Wildman–Crippen MR) is 85.3 cm³/mol. The van der Waals surface area contributed by atoms with Gasteiger partial charge in [0.05, 0.1) is 6.10 Å². The maximum Gasteiger partial charge on any atom is 0.119 e. The van der Waals surface area contributed by atoms with Crippen molar-refractivity contribution in [2.24, 2.45) is 0 Å². The summed E-state index contributed by atoms with van der Waals surface area (Å²) < 4.78 is 5.45. The number of aliphatic hydroxyl groups excluding tert-OH is 1. The molecule has 0 aliphatic carbocycles. The molecule has 0 saturated heterocycles. The molecule has 1 N–H and O–H groups in total. The van der Waals surface area contributed by atoms with Gasteiger partial charge in [-0.15, -0.1) is 0 Å². The molecule has 1 rings (SSSR count). The molecule has 0 aliphatic heterocycles. The predicted octanol–water partition coefficient (Wildman–Crippen LogP) is 4.74. The van der Waals surface area contributed by atoms with Crippen molar-refractivity contribution in [3.8, 4) is 5.75 Å². The van der Waals surface area contributed by atoms with E-state index in [0.717, 1.165) is 12.2 Å². The van der Waals surface area contributed by atoms with Crippen LogP contribution in [0.1, 0.15) is 64.4 Å². The molecule has 20 heavy (non-hydrogen) atoms. The highest BCUT2D eigenvalue weighted by molar-refractivity contribution is 5.27. The Kier molecular flexibility index (Phi) is 9.14. The van der Waals surface area contributed by atoms with Crippen LogP contribution in [0.2, 0.25) is 0 Å². The quantitative estimate of drug-likeness (QED) is 0.592. The van der Waals surface area contributed by atoms with Crippen molar-refractivity contribution in [3.05, 3.63) is 29.8 Å². The fraction of sp³-hybridized carbons (Fsp3) is 0.667. The normalized spacial score (nSPS) is 12.3. The van der Waals surface area contributed by atoms with Crippen LogP contribution in [0.5, 0.6) is 5.75 Å². The zero-order valence-corrected chi connectivity index (χ0v) is 13.1. The lowest BCUT2D eigenvalue weighted by atomic mass is 10.0. The molecule has 2 nitrogen and oxygen atoms in total. The van der Waals surface area contributed by atoms with E-state index >= 15 is 0 Å². The summed E-state index contributed by atoms with van der Waals surface area (Å²) in [7, 11) is 0. The Labute approximate surface area is 124 Å². The number of aryl methyl sites for hydroxylation is 1. The van der Waals surface area contributed by atoms with E-state index in [1.807, 2.05) is 12.1 Å². The molecule has 1 aromatic carbocycles. The van der Waals surface area contributed by atoms with Crippen LogP contribution in [0, 0.1) is 0 Å². The Hall–Kier alpha value is -1.02. The number of aliphatic hydroxyl groups is 1. The number of unbranched alkanes of at least 4 members (excludes halogenated alkanes) is 6. The third-order valence-corrected chi connectivity index (χ3v) is 3.48. The molecule has 0 unspecified atom stereocenters. The van der Waals surface area contributed by atoms with Crippen molar-refractivity contribution >= 4 is 0 Å². The molecule has 0 aliphatic rings. The average Bonchev–Trinajstić information content (AvgIpc) is 2.45. The standard InChI is InChI=1S/C18H30O2/c1-3-4-5-6-7-8-9-10-17-11-13-18(14-12-17)20-15-16(2)19/h11-14,16,19H,3-10,15H2,1-2H3/t16-/m1/s1. The first-order valence-corrected chi connectivity index (χ1v) is 8.12. The number of rotatable bonds is 11. The molecular formula is C18H30O2. The van der Waals surface area contributed by atoms with E-state index in [1.54, 1.807) is 6.92 Å². The minimum Gasteiger partial charge on any atom is -0.491 e. The van der Waals surface area contributed by atoms with Gasteiger partial charge < -0.3 is 9.84 Å². The molecule has 1 atom stereocenters. The lowest BCUT2D eigenvalue weighted by Crippen LogP contribution is -2.12. The molecule has 0 bridgehead atoms. The van der Waals surface area contributed by atoms with Crippen LogP contribution < -0.4 is 4.74 Å². The lowest BCUT2D eigenvalue weighted by Gasteiger charge is -2.08. The lowest BCUT2D eigenvalue weighted by molar-refractivity contribution is 0.122. The van der Waals surface area contributed by atoms with Crippen molar-refractivity contribution < 1.29 is 9.84 Å². The van der Waals surface area contributed by atoms with Gasteiger partial charge in [0.1, 0.15) is 12.4 Å². The molecule has 1 aromatic rings. The largest absolute Gasteiger partial charge is 0.491 e. The Bertz CT molecular complexity index is 330. The molecule has 0 saturated carbocycles. The summed E-state index contributed by atoms with van der Waals surface area (Å²) in [6, 6.07) is 8.26. The van der Waals surface area contributed by atoms with E-state index in [2.05, 4.69) is 19.1 Å². The average molecular weight is 278 g/mol. The van der Waals surface area contributed by atoms with Crippen LogP contribution >= 0.6 is 0 Å². The second kappa shape index (κ2) is 10.7. The molecule has 0 radical (unpaired) electrons. The summed E-state index contributed by atoms with van der Waals surface area (Å²) in [5.74, 6) is 0.842. The molecule has 0 heterocycles. The Morgan fingerprint density at radius 1 is 0.950 bits per heavy atom. The first-order chi connectivity index (χ1) is 9.72. The van der Waals surface area contributed by atoms with Crippen LogP contribution in [0.25, 0.3) is 0 Å². The van der Waals surface area contributed by atoms with Crippen LogP contribution in [0.4, 0.5) is 0 Å². The van der Waals surface area contributed by atoms with Crippen LogP contribution in [0.3, 0.4) is 0 Å². The first kappa shape index (κ1) is 17.0. The van der Waals surface area contributed by atoms with E-state index in [-0.39, 0.29) is 0 Å². The van der Waals surface area contributed by atoms with Gasteiger partial charge in [-0.05, 0) is 37.5 Å². The second-order valence-electron chi connectivity index (χ2n) is 5.68. The highest BCUT2D eigenvalue weighted by Crippen LogP contribution is 2.15. The summed E-state index contributed by atoms with van der Waals surface area (Å²) in [6.45, 7) is 4.35. The van der Waals surface area contributed by atoms with E-state index in [1.165, 1.54) is 50.5 Å². The summed E-state index contributed by atoms with van der Waals surface area (Å²) in [5.41, 5.74) is 1.38. The van der Waals surface area contributed by atoms with E-state index in [4.69, 9.17) is 9.84 Å². The Morgan fingerprint density at radius 2 is 1.55 bits per heavy atom. The summed E-state index contributed by atoms with van der Waals surface area (Å²) >= 11 is 0. The smallest absolute Gasteiger partial charge is 0.119 e. The minimum absolute atomic E-state index is 0.358. The highest BCUT2D eigenvalue weighted by atomic mass is 16.5. The van der Waals surface area contributed by atoms with Crippen LogP contribution in [-0.2, 0) is 6.42 Å². The molecule has 0 spiro atoms. The molecule has 0 fully saturated rings. The van der Waals surface area contributed by atoms with Crippen molar-refractivity contribution in [2.75, 3.05) is 6.61 Å². The topological polar surface area (TPSA) is 29.5 Å². The first-order valence-electron chi connectivity index (χ1n) is 8.12. The number of hydrogen-bond acceptors (Lipinski definition) is 2. The summed E-state index contributed by atoms with van der Waals surface area (Å²) in [5, 5.41) is 9.16. The zero-order valence-electron chi connectivity index (χ0n) is 13.1. The van der Waals surface area contributed by atoms with Crippen LogP contribution in [0.15, 0.2) is 24.3 Å². The molecule has 0 amide bonds. The molecule has 114 valence electrons. The van der Waals surface area contributed by atoms with Crippen molar-refractivity contribution in [3.63, 3.8) is 0 Å². The monoisotopic (exact) mass is 278 g/mol. The van der Waals surface area contributed by atoms with E-state index in [0.29, 0.717) is 6.61 Å². The van der Waals surface area contributed by atoms with Crippen molar-refractivity contribution in [1.29, 1.82) is 0 Å². The van der Waals surface area contributed by atoms with Gasteiger partial charge in [0, 0.05) is 0 Å². The maximum atomic E-state index is 9.16. The maximum absolute atomic E-state index is 9.16. The Balaban J connectivity index is 2.12. The number of hydrogen-bond donors (Lipinski definition) is 1. The van der Waals surface area contributed by atoms with Gasteiger partial charge in [-0.2, -0.15) is 0 Å². The van der Waals surface area contributed by atoms with Crippen molar-refractivity contribution in [1.82, 2.24) is 0 Å². The van der Waals surface area contributed by atoms with E-state index < -0.39 is 6.10 Å². The number of benzene rings is 1. The van der Waals surface area contributed by atoms with Gasteiger partial charge in [0.2, 0.25) is 0 Å². The molecule has 0 aromatic heterocycles. The summed E-state index contributed by atoms with van der Waals surface area (Å²) in [4.78, 5) is 0. The van der Waals surface area contributed by atoms with Gasteiger partial charge in [0.15, 0.2) is 0 Å². The van der Waals surface area contributed by atoms with Gasteiger partial charge in [-0.25, -0.2) is 0 Å². The van der Waals surface area contributed by atoms with Gasteiger partial charge in [-0.3, -0.25) is 0 Å². The second-order valence-corrected chi connectivity index (χ2v) is 5.68. The fourth-order valence-corrected chi connectivity index (χ4v) is 2.26. The number of ether oxygens (including phenoxy) is 1. The van der Waals surface area contributed by atoms with Crippen LogP contribution in [-0.4, -0.2) is 17.8 Å². The Morgan fingerprint density at radius 3 is 2.15 bits per heavy atom. The van der Waals surface area contributed by atoms with Crippen molar-refractivity contribution in [2.45, 2.75) is 71.3 Å². The van der Waals surface area contributed by atoms with Gasteiger partial charge in [0.25, 0.3) is 0 Å². The third kappa shape index (κ3) is 8.21. The fourth-order valence-electron chi connectivity index (χ4n) is 2.26. The highest BCUT2D eigenvalue weighted by Gasteiger charge is 1.99. The summed E-state index contributed by atoms with van der Waals surface area (Å²) in [6.07, 6.45) is 10.2. The molecular weight excluding hydrogens is 248 g/mol. The molecule has 2 heteroatoms. The van der Waals surface area contributed by atoms with Gasteiger partial charge >= 0.3 is 0 Å². The van der Waals surface area contributed by atoms with E-state index in [9.17, 15) is 0 Å². The zero-order chi connectivity index (χ0) is 14.6. The van der Waals surface area contributed by atoms with Gasteiger partial charge in [-0.1, -0.05) is 57.6 Å². The SMILES string of the molecule is CCCCCCCCCc1ccc(OC[C@@H](C)O)cc1. The third-order valence-electron chi connectivity index (χ3n) is 3.48. The minimum atomic E-state index is -0.414.